The molecule has 1 amide bonds. The van der Waals surface area contributed by atoms with E-state index in [2.05, 4.69) is 27.8 Å². The van der Waals surface area contributed by atoms with Crippen molar-refractivity contribution in [3.8, 4) is 0 Å². The minimum Gasteiger partial charge on any atom is -0.308 e. The Morgan fingerprint density at radius 1 is 1.53 bits per heavy atom. The van der Waals surface area contributed by atoms with Crippen LogP contribution >= 0.6 is 11.6 Å². The van der Waals surface area contributed by atoms with Crippen LogP contribution in [0, 0.1) is 5.92 Å². The Bertz CT molecular complexity index is 395. The van der Waals surface area contributed by atoms with Gasteiger partial charge in [0.25, 0.3) is 0 Å². The Hall–Kier alpha value is -1.20. The van der Waals surface area contributed by atoms with E-state index in [9.17, 15) is 4.79 Å². The summed E-state index contributed by atoms with van der Waals surface area (Å²) in [5, 5.41) is 13.7. The maximum absolute atomic E-state index is 11.9. The summed E-state index contributed by atoms with van der Waals surface area (Å²) in [6, 6.07) is 3.09. The van der Waals surface area contributed by atoms with Crippen LogP contribution in [0.4, 0.5) is 5.82 Å². The van der Waals surface area contributed by atoms with Crippen LogP contribution in [-0.4, -0.2) is 28.7 Å². The fourth-order valence-corrected chi connectivity index (χ4v) is 2.00. The van der Waals surface area contributed by atoms with E-state index in [4.69, 9.17) is 11.6 Å². The third-order valence-corrected chi connectivity index (χ3v) is 3.07. The van der Waals surface area contributed by atoms with Gasteiger partial charge in [-0.2, -0.15) is 0 Å². The molecule has 6 heteroatoms. The molecule has 0 radical (unpaired) electrons. The van der Waals surface area contributed by atoms with Crippen LogP contribution < -0.4 is 10.6 Å². The first-order chi connectivity index (χ1) is 8.15. The number of aromatic nitrogens is 2. The molecule has 17 heavy (non-hydrogen) atoms. The Labute approximate surface area is 105 Å². The molecule has 0 aromatic carbocycles. The molecule has 0 aliphatic carbocycles. The van der Waals surface area contributed by atoms with E-state index in [1.807, 2.05) is 0 Å². The number of nitrogens with zero attached hydrogens (tertiary/aromatic N) is 2. The molecule has 0 spiro atoms. The predicted molar refractivity (Wildman–Crippen MR) is 65.9 cm³/mol. The molecule has 2 N–H and O–H groups in total. The maximum Gasteiger partial charge on any atom is 0.242 e. The van der Waals surface area contributed by atoms with Crippen LogP contribution in [0.15, 0.2) is 12.1 Å². The van der Waals surface area contributed by atoms with Gasteiger partial charge in [-0.1, -0.05) is 18.5 Å². The summed E-state index contributed by atoms with van der Waals surface area (Å²) < 4.78 is 0. The van der Waals surface area contributed by atoms with Gasteiger partial charge in [0.05, 0.1) is 6.04 Å². The van der Waals surface area contributed by atoms with Crippen molar-refractivity contribution in [2.45, 2.75) is 25.8 Å². The quantitative estimate of drug-likeness (QED) is 0.839. The molecule has 1 saturated heterocycles. The Balaban J connectivity index is 1.94. The lowest BCUT2D eigenvalue weighted by molar-refractivity contribution is -0.119. The summed E-state index contributed by atoms with van der Waals surface area (Å²) in [6.45, 7) is 3.04. The predicted octanol–water partition coefficient (Wildman–Crippen LogP) is 1.46. The fourth-order valence-electron chi connectivity index (χ4n) is 1.90. The zero-order valence-electron chi connectivity index (χ0n) is 9.61. The number of nitrogens with one attached hydrogen (secondary N) is 2. The van der Waals surface area contributed by atoms with Crippen molar-refractivity contribution in [3.05, 3.63) is 17.3 Å². The van der Waals surface area contributed by atoms with Crippen LogP contribution in [0.2, 0.25) is 5.15 Å². The molecule has 1 fully saturated rings. The topological polar surface area (TPSA) is 66.9 Å². The van der Waals surface area contributed by atoms with Crippen LogP contribution in [0.3, 0.4) is 0 Å². The van der Waals surface area contributed by atoms with Crippen molar-refractivity contribution in [1.29, 1.82) is 0 Å². The number of rotatable bonds is 2. The number of halogens is 1. The molecule has 92 valence electrons. The van der Waals surface area contributed by atoms with Crippen LogP contribution in [-0.2, 0) is 4.79 Å². The molecular weight excluding hydrogens is 240 g/mol. The minimum absolute atomic E-state index is 0.0619. The number of amides is 1. The second-order valence-electron chi connectivity index (χ2n) is 4.37. The molecule has 0 bridgehead atoms. The average Bonchev–Trinajstić information content (AvgIpc) is 2.32. The minimum atomic E-state index is -0.142. The van der Waals surface area contributed by atoms with Gasteiger partial charge in [0.1, 0.15) is 0 Å². The second-order valence-corrected chi connectivity index (χ2v) is 4.75. The first-order valence-electron chi connectivity index (χ1n) is 5.68. The summed E-state index contributed by atoms with van der Waals surface area (Å²) in [7, 11) is 0. The smallest absolute Gasteiger partial charge is 0.242 e. The third kappa shape index (κ3) is 3.38. The number of piperidine rings is 1. The van der Waals surface area contributed by atoms with Crippen molar-refractivity contribution in [2.75, 3.05) is 11.9 Å². The first-order valence-corrected chi connectivity index (χ1v) is 6.06. The number of carbonyl (C=O) groups excluding carboxylic acids is 1. The van der Waals surface area contributed by atoms with Crippen molar-refractivity contribution in [1.82, 2.24) is 15.5 Å². The number of hydrogen-bond donors (Lipinski definition) is 2. The largest absolute Gasteiger partial charge is 0.308 e. The normalized spacial score (nSPS) is 24.4. The first kappa shape index (κ1) is 12.3. The number of carbonyl (C=O) groups is 1. The van der Waals surface area contributed by atoms with Crippen molar-refractivity contribution < 1.29 is 4.79 Å². The lowest BCUT2D eigenvalue weighted by Gasteiger charge is -2.26. The summed E-state index contributed by atoms with van der Waals surface area (Å²) in [4.78, 5) is 11.9. The molecule has 1 aromatic rings. The van der Waals surface area contributed by atoms with Gasteiger partial charge in [-0.3, -0.25) is 4.79 Å². The van der Waals surface area contributed by atoms with Crippen LogP contribution in [0.5, 0.6) is 0 Å². The van der Waals surface area contributed by atoms with E-state index in [0.29, 0.717) is 16.9 Å². The fraction of sp³-hybridized carbons (Fsp3) is 0.545. The van der Waals surface area contributed by atoms with E-state index in [-0.39, 0.29) is 11.9 Å². The van der Waals surface area contributed by atoms with Gasteiger partial charge in [0.15, 0.2) is 11.0 Å². The Morgan fingerprint density at radius 3 is 3.00 bits per heavy atom. The van der Waals surface area contributed by atoms with E-state index in [1.165, 1.54) is 0 Å². The van der Waals surface area contributed by atoms with E-state index in [0.717, 1.165) is 19.4 Å². The highest BCUT2D eigenvalue weighted by Crippen LogP contribution is 2.16. The lowest BCUT2D eigenvalue weighted by atomic mass is 9.94. The third-order valence-electron chi connectivity index (χ3n) is 2.87. The van der Waals surface area contributed by atoms with Crippen molar-refractivity contribution >= 4 is 23.3 Å². The molecule has 2 unspecified atom stereocenters. The molecular formula is C11H15ClN4O. The molecule has 5 nitrogen and oxygen atoms in total. The van der Waals surface area contributed by atoms with Crippen molar-refractivity contribution in [2.24, 2.45) is 5.92 Å². The lowest BCUT2D eigenvalue weighted by Crippen LogP contribution is -2.45. The maximum atomic E-state index is 11.9. The van der Waals surface area contributed by atoms with Crippen LogP contribution in [0.25, 0.3) is 0 Å². The summed E-state index contributed by atoms with van der Waals surface area (Å²) in [5.74, 6) is 0.941. The zero-order valence-corrected chi connectivity index (χ0v) is 10.4. The van der Waals surface area contributed by atoms with Gasteiger partial charge in [0.2, 0.25) is 5.91 Å². The highest BCUT2D eigenvalue weighted by Gasteiger charge is 2.24. The molecule has 1 aromatic heterocycles. The van der Waals surface area contributed by atoms with E-state index < -0.39 is 0 Å². The van der Waals surface area contributed by atoms with Crippen LogP contribution in [0.1, 0.15) is 19.8 Å². The summed E-state index contributed by atoms with van der Waals surface area (Å²) in [6.07, 6.45) is 1.97. The van der Waals surface area contributed by atoms with Gasteiger partial charge in [-0.05, 0) is 37.4 Å². The molecule has 2 atom stereocenters. The van der Waals surface area contributed by atoms with Gasteiger partial charge in [0, 0.05) is 0 Å². The second kappa shape index (κ2) is 5.42. The molecule has 1 aliphatic rings. The molecule has 2 rings (SSSR count). The monoisotopic (exact) mass is 254 g/mol. The van der Waals surface area contributed by atoms with Gasteiger partial charge in [-0.25, -0.2) is 0 Å². The number of anilines is 1. The van der Waals surface area contributed by atoms with E-state index in [1.54, 1.807) is 12.1 Å². The molecule has 2 heterocycles. The summed E-state index contributed by atoms with van der Waals surface area (Å²) >= 11 is 5.62. The van der Waals surface area contributed by atoms with Gasteiger partial charge in [-0.15, -0.1) is 10.2 Å². The Kier molecular flexibility index (Phi) is 3.91. The highest BCUT2D eigenvalue weighted by molar-refractivity contribution is 6.29. The van der Waals surface area contributed by atoms with Gasteiger partial charge >= 0.3 is 0 Å². The number of hydrogen-bond acceptors (Lipinski definition) is 4. The standard InChI is InChI=1S/C11H15ClN4O/c1-7-4-5-13-8(6-7)11(17)14-10-3-2-9(12)15-16-10/h2-3,7-8,13H,4-6H2,1H3,(H,14,16,17). The zero-order chi connectivity index (χ0) is 12.3. The summed E-state index contributed by atoms with van der Waals surface area (Å²) in [5.41, 5.74) is 0. The molecule has 0 saturated carbocycles. The van der Waals surface area contributed by atoms with Gasteiger partial charge < -0.3 is 10.6 Å². The van der Waals surface area contributed by atoms with Crippen molar-refractivity contribution in [3.63, 3.8) is 0 Å². The van der Waals surface area contributed by atoms with E-state index >= 15 is 0 Å². The highest BCUT2D eigenvalue weighted by atomic mass is 35.5. The Morgan fingerprint density at radius 2 is 2.35 bits per heavy atom. The SMILES string of the molecule is CC1CCNC(C(=O)Nc2ccc(Cl)nn2)C1. The molecule has 1 aliphatic heterocycles. The average molecular weight is 255 g/mol.